The molecular formula is C10H14O2. The molecule has 2 nitrogen and oxygen atoms in total. The number of rotatable bonds is 0. The van der Waals surface area contributed by atoms with Crippen molar-refractivity contribution in [3.05, 3.63) is 12.2 Å². The predicted molar refractivity (Wildman–Crippen MR) is 45.6 cm³/mol. The third-order valence-corrected chi connectivity index (χ3v) is 3.28. The van der Waals surface area contributed by atoms with Gasteiger partial charge in [0.05, 0.1) is 0 Å². The van der Waals surface area contributed by atoms with Crippen LogP contribution in [0.1, 0.15) is 26.2 Å². The second-order valence-corrected chi connectivity index (χ2v) is 4.05. The molecule has 1 saturated carbocycles. The monoisotopic (exact) mass is 166 g/mol. The first kappa shape index (κ1) is 7.99. The molecular weight excluding hydrogens is 152 g/mol. The van der Waals surface area contributed by atoms with Crippen LogP contribution >= 0.6 is 0 Å². The van der Waals surface area contributed by atoms with Crippen LogP contribution in [0.25, 0.3) is 0 Å². The van der Waals surface area contributed by atoms with Gasteiger partial charge < -0.3 is 5.11 Å². The van der Waals surface area contributed by atoms with E-state index >= 15 is 0 Å². The molecule has 2 rings (SSSR count). The van der Waals surface area contributed by atoms with Gasteiger partial charge in [0.2, 0.25) is 0 Å². The molecule has 0 radical (unpaired) electrons. The largest absolute Gasteiger partial charge is 0.381 e. The van der Waals surface area contributed by atoms with Crippen LogP contribution in [0.3, 0.4) is 0 Å². The average molecular weight is 166 g/mol. The highest BCUT2D eigenvalue weighted by molar-refractivity contribution is 5.90. The second-order valence-electron chi connectivity index (χ2n) is 4.05. The van der Waals surface area contributed by atoms with E-state index in [4.69, 9.17) is 0 Å². The molecule has 66 valence electrons. The summed E-state index contributed by atoms with van der Waals surface area (Å²) in [7, 11) is 0. The molecule has 0 aromatic carbocycles. The van der Waals surface area contributed by atoms with E-state index in [9.17, 15) is 9.90 Å². The Labute approximate surface area is 72.3 Å². The summed E-state index contributed by atoms with van der Waals surface area (Å²) in [6, 6.07) is 0. The lowest BCUT2D eigenvalue weighted by molar-refractivity contribution is -0.136. The highest BCUT2D eigenvalue weighted by Crippen LogP contribution is 2.44. The quantitative estimate of drug-likeness (QED) is 0.551. The Morgan fingerprint density at radius 2 is 2.33 bits per heavy atom. The van der Waals surface area contributed by atoms with E-state index in [1.54, 1.807) is 0 Å². The minimum atomic E-state index is -1.01. The third-order valence-electron chi connectivity index (χ3n) is 3.28. The van der Waals surface area contributed by atoms with Crippen LogP contribution < -0.4 is 0 Å². The van der Waals surface area contributed by atoms with E-state index < -0.39 is 5.60 Å². The van der Waals surface area contributed by atoms with Gasteiger partial charge in [0.25, 0.3) is 0 Å². The van der Waals surface area contributed by atoms with Crippen LogP contribution in [0.15, 0.2) is 12.2 Å². The lowest BCUT2D eigenvalue weighted by Crippen LogP contribution is -2.41. The zero-order valence-electron chi connectivity index (χ0n) is 7.29. The standard InChI is InChI=1S/C10H14O2/c1-7-6-9(11)10(12)5-3-2-4-8(7)10/h2-3,7-8,12H,4-6H2,1H3/t7-,8-,10-/m1/s1. The number of carbonyl (C=O) groups is 1. The summed E-state index contributed by atoms with van der Waals surface area (Å²) in [4.78, 5) is 11.5. The fourth-order valence-corrected chi connectivity index (χ4v) is 2.49. The van der Waals surface area contributed by atoms with Crippen LogP contribution in [-0.4, -0.2) is 16.5 Å². The predicted octanol–water partition coefficient (Wildman–Crippen LogP) is 1.29. The fourth-order valence-electron chi connectivity index (χ4n) is 2.49. The Hall–Kier alpha value is -0.630. The first-order chi connectivity index (χ1) is 5.64. The molecule has 1 N–H and O–H groups in total. The number of ketones is 1. The van der Waals surface area contributed by atoms with Crippen LogP contribution in [0, 0.1) is 11.8 Å². The van der Waals surface area contributed by atoms with Gasteiger partial charge in [-0.05, 0) is 12.3 Å². The van der Waals surface area contributed by atoms with Crippen molar-refractivity contribution in [2.24, 2.45) is 11.8 Å². The molecule has 0 heterocycles. The average Bonchev–Trinajstić information content (AvgIpc) is 2.25. The molecule has 0 unspecified atom stereocenters. The minimum Gasteiger partial charge on any atom is -0.381 e. The zero-order valence-corrected chi connectivity index (χ0v) is 7.29. The Bertz CT molecular complexity index is 244. The topological polar surface area (TPSA) is 37.3 Å². The first-order valence-corrected chi connectivity index (χ1v) is 4.55. The zero-order chi connectivity index (χ0) is 8.77. The lowest BCUT2D eigenvalue weighted by Gasteiger charge is -2.31. The number of Topliss-reactive ketones (excluding diaryl/α,β-unsaturated/α-hetero) is 1. The van der Waals surface area contributed by atoms with Gasteiger partial charge in [-0.3, -0.25) is 4.79 Å². The second kappa shape index (κ2) is 2.43. The van der Waals surface area contributed by atoms with E-state index in [-0.39, 0.29) is 11.7 Å². The molecule has 0 amide bonds. The maximum atomic E-state index is 11.5. The molecule has 3 atom stereocenters. The number of fused-ring (bicyclic) bond motifs is 1. The van der Waals surface area contributed by atoms with Crippen LogP contribution in [0.5, 0.6) is 0 Å². The maximum absolute atomic E-state index is 11.5. The van der Waals surface area contributed by atoms with Crippen LogP contribution in [0.2, 0.25) is 0 Å². The molecule has 0 saturated heterocycles. The Balaban J connectivity index is 2.34. The normalized spacial score (nSPS) is 46.3. The summed E-state index contributed by atoms with van der Waals surface area (Å²) in [6.07, 6.45) is 5.95. The fraction of sp³-hybridized carbons (Fsp3) is 0.700. The molecule has 1 fully saturated rings. The summed E-state index contributed by atoms with van der Waals surface area (Å²) in [6.45, 7) is 2.06. The van der Waals surface area contributed by atoms with Gasteiger partial charge in [0.15, 0.2) is 5.78 Å². The number of hydrogen-bond donors (Lipinski definition) is 1. The van der Waals surface area contributed by atoms with Crippen LogP contribution in [0.4, 0.5) is 0 Å². The van der Waals surface area contributed by atoms with E-state index in [0.717, 1.165) is 6.42 Å². The number of hydrogen-bond acceptors (Lipinski definition) is 2. The van der Waals surface area contributed by atoms with E-state index in [1.807, 2.05) is 6.08 Å². The molecule has 0 aliphatic heterocycles. The van der Waals surface area contributed by atoms with Crippen molar-refractivity contribution in [1.82, 2.24) is 0 Å². The minimum absolute atomic E-state index is 0.0457. The van der Waals surface area contributed by atoms with Gasteiger partial charge in [-0.15, -0.1) is 0 Å². The summed E-state index contributed by atoms with van der Waals surface area (Å²) in [5.74, 6) is 0.576. The number of aliphatic hydroxyl groups is 1. The van der Waals surface area contributed by atoms with Gasteiger partial charge in [-0.1, -0.05) is 19.1 Å². The van der Waals surface area contributed by atoms with E-state index in [0.29, 0.717) is 18.8 Å². The summed E-state index contributed by atoms with van der Waals surface area (Å²) < 4.78 is 0. The molecule has 0 aromatic heterocycles. The number of carbonyl (C=O) groups excluding carboxylic acids is 1. The van der Waals surface area contributed by atoms with Crippen molar-refractivity contribution in [3.8, 4) is 0 Å². The Kier molecular flexibility index (Phi) is 1.62. The van der Waals surface area contributed by atoms with Gasteiger partial charge in [0, 0.05) is 18.8 Å². The van der Waals surface area contributed by atoms with Crippen LogP contribution in [-0.2, 0) is 4.79 Å². The lowest BCUT2D eigenvalue weighted by atomic mass is 9.78. The first-order valence-electron chi connectivity index (χ1n) is 4.55. The van der Waals surface area contributed by atoms with Crippen molar-refractivity contribution in [2.75, 3.05) is 0 Å². The Morgan fingerprint density at radius 1 is 1.58 bits per heavy atom. The van der Waals surface area contributed by atoms with Gasteiger partial charge in [-0.25, -0.2) is 0 Å². The van der Waals surface area contributed by atoms with Crippen molar-refractivity contribution in [2.45, 2.75) is 31.8 Å². The summed E-state index contributed by atoms with van der Waals surface area (Å²) in [5, 5.41) is 10.0. The molecule has 2 aliphatic carbocycles. The van der Waals surface area contributed by atoms with Crippen molar-refractivity contribution in [1.29, 1.82) is 0 Å². The van der Waals surface area contributed by atoms with Gasteiger partial charge in [0.1, 0.15) is 5.60 Å². The highest BCUT2D eigenvalue weighted by Gasteiger charge is 2.51. The smallest absolute Gasteiger partial charge is 0.165 e. The third kappa shape index (κ3) is 0.876. The van der Waals surface area contributed by atoms with Crippen molar-refractivity contribution >= 4 is 5.78 Å². The van der Waals surface area contributed by atoms with E-state index in [2.05, 4.69) is 13.0 Å². The van der Waals surface area contributed by atoms with Gasteiger partial charge >= 0.3 is 0 Å². The SMILES string of the molecule is C[C@@H]1CC(=O)[C@@]2(O)CC=CC[C@H]12. The molecule has 0 aromatic rings. The highest BCUT2D eigenvalue weighted by atomic mass is 16.3. The molecule has 12 heavy (non-hydrogen) atoms. The molecule has 2 aliphatic rings. The van der Waals surface area contributed by atoms with Crippen molar-refractivity contribution in [3.63, 3.8) is 0 Å². The maximum Gasteiger partial charge on any atom is 0.165 e. The Morgan fingerprint density at radius 3 is 3.00 bits per heavy atom. The molecule has 0 spiro atoms. The van der Waals surface area contributed by atoms with E-state index in [1.165, 1.54) is 0 Å². The number of allylic oxidation sites excluding steroid dienone is 1. The summed E-state index contributed by atoms with van der Waals surface area (Å²) >= 11 is 0. The summed E-state index contributed by atoms with van der Waals surface area (Å²) in [5.41, 5.74) is -1.01. The van der Waals surface area contributed by atoms with Gasteiger partial charge in [-0.2, -0.15) is 0 Å². The molecule has 2 heteroatoms. The molecule has 0 bridgehead atoms. The van der Waals surface area contributed by atoms with Crippen molar-refractivity contribution < 1.29 is 9.90 Å².